The first-order valence-corrected chi connectivity index (χ1v) is 8.95. The third-order valence-corrected chi connectivity index (χ3v) is 4.68. The highest BCUT2D eigenvalue weighted by molar-refractivity contribution is 5.96. The van der Waals surface area contributed by atoms with Gasteiger partial charge in [0.25, 0.3) is 5.91 Å². The SMILES string of the molecule is Cc1cccc(NC(=O)C2CCCN(C(=O)c3ccc(C(F)(F)F)cc3)C2)n1. The number of carbonyl (C=O) groups excluding carboxylic acids is 2. The number of hydrogen-bond donors (Lipinski definition) is 1. The van der Waals surface area contributed by atoms with E-state index in [-0.39, 0.29) is 23.9 Å². The van der Waals surface area contributed by atoms with Crippen molar-refractivity contribution in [1.29, 1.82) is 0 Å². The normalized spacial score (nSPS) is 17.3. The summed E-state index contributed by atoms with van der Waals surface area (Å²) >= 11 is 0. The molecule has 1 aromatic heterocycles. The maximum atomic E-state index is 12.7. The number of piperidine rings is 1. The highest BCUT2D eigenvalue weighted by atomic mass is 19.4. The Morgan fingerprint density at radius 3 is 2.50 bits per heavy atom. The standard InChI is InChI=1S/C20H20F3N3O2/c1-13-4-2-6-17(24-13)25-18(27)15-5-3-11-26(12-15)19(28)14-7-9-16(10-8-14)20(21,22)23/h2,4,6-10,15H,3,5,11-12H2,1H3,(H,24,25,27). The van der Waals surface area contributed by atoms with Crippen LogP contribution in [0, 0.1) is 12.8 Å². The lowest BCUT2D eigenvalue weighted by Crippen LogP contribution is -2.43. The molecule has 3 rings (SSSR count). The maximum absolute atomic E-state index is 12.7. The van der Waals surface area contributed by atoms with Crippen LogP contribution in [0.1, 0.15) is 34.5 Å². The van der Waals surface area contributed by atoms with Gasteiger partial charge in [-0.25, -0.2) is 4.98 Å². The van der Waals surface area contributed by atoms with E-state index in [4.69, 9.17) is 0 Å². The molecule has 148 valence electrons. The van der Waals surface area contributed by atoms with E-state index in [0.717, 1.165) is 17.8 Å². The van der Waals surface area contributed by atoms with Gasteiger partial charge in [-0.15, -0.1) is 0 Å². The number of anilines is 1. The number of carbonyl (C=O) groups is 2. The van der Waals surface area contributed by atoms with Crippen LogP contribution in [0.2, 0.25) is 0 Å². The van der Waals surface area contributed by atoms with Gasteiger partial charge in [0, 0.05) is 24.3 Å². The fraction of sp³-hybridized carbons (Fsp3) is 0.350. The zero-order valence-electron chi connectivity index (χ0n) is 15.3. The molecule has 1 aliphatic rings. The third kappa shape index (κ3) is 4.68. The lowest BCUT2D eigenvalue weighted by Gasteiger charge is -2.32. The van der Waals surface area contributed by atoms with Gasteiger partial charge in [-0.1, -0.05) is 6.07 Å². The number of rotatable bonds is 3. The van der Waals surface area contributed by atoms with Crippen LogP contribution in [0.25, 0.3) is 0 Å². The van der Waals surface area contributed by atoms with E-state index in [2.05, 4.69) is 10.3 Å². The molecule has 1 aliphatic heterocycles. The second kappa shape index (κ2) is 8.00. The van der Waals surface area contributed by atoms with Crippen LogP contribution in [-0.2, 0) is 11.0 Å². The summed E-state index contributed by atoms with van der Waals surface area (Å²) in [4.78, 5) is 30.9. The Kier molecular flexibility index (Phi) is 5.67. The van der Waals surface area contributed by atoms with Crippen molar-refractivity contribution < 1.29 is 22.8 Å². The molecule has 0 spiro atoms. The summed E-state index contributed by atoms with van der Waals surface area (Å²) in [6.45, 7) is 2.50. The Balaban J connectivity index is 1.65. The van der Waals surface area contributed by atoms with Gasteiger partial charge in [-0.3, -0.25) is 9.59 Å². The number of likely N-dealkylation sites (tertiary alicyclic amines) is 1. The van der Waals surface area contributed by atoms with Crippen molar-refractivity contribution in [3.63, 3.8) is 0 Å². The topological polar surface area (TPSA) is 62.3 Å². The van der Waals surface area contributed by atoms with Crippen LogP contribution in [0.4, 0.5) is 19.0 Å². The second-order valence-corrected chi connectivity index (χ2v) is 6.82. The Morgan fingerprint density at radius 2 is 1.86 bits per heavy atom. The van der Waals surface area contributed by atoms with E-state index in [1.54, 1.807) is 12.1 Å². The molecule has 2 heterocycles. The fourth-order valence-corrected chi connectivity index (χ4v) is 3.20. The molecule has 5 nitrogen and oxygen atoms in total. The molecule has 0 bridgehead atoms. The van der Waals surface area contributed by atoms with E-state index in [1.165, 1.54) is 17.0 Å². The number of benzene rings is 1. The van der Waals surface area contributed by atoms with Crippen LogP contribution in [0.5, 0.6) is 0 Å². The average molecular weight is 391 g/mol. The molecule has 2 aromatic rings. The van der Waals surface area contributed by atoms with Gasteiger partial charge in [0.05, 0.1) is 11.5 Å². The molecule has 1 atom stereocenters. The minimum absolute atomic E-state index is 0.175. The molecule has 0 radical (unpaired) electrons. The minimum Gasteiger partial charge on any atom is -0.338 e. The summed E-state index contributed by atoms with van der Waals surface area (Å²) in [5.74, 6) is -0.534. The summed E-state index contributed by atoms with van der Waals surface area (Å²) in [7, 11) is 0. The van der Waals surface area contributed by atoms with Gasteiger partial charge in [-0.2, -0.15) is 13.2 Å². The van der Waals surface area contributed by atoms with Crippen molar-refractivity contribution in [1.82, 2.24) is 9.88 Å². The van der Waals surface area contributed by atoms with Gasteiger partial charge < -0.3 is 10.2 Å². The van der Waals surface area contributed by atoms with Gasteiger partial charge in [0.2, 0.25) is 5.91 Å². The van der Waals surface area contributed by atoms with Crippen molar-refractivity contribution in [2.75, 3.05) is 18.4 Å². The van der Waals surface area contributed by atoms with E-state index < -0.39 is 17.7 Å². The van der Waals surface area contributed by atoms with Crippen molar-refractivity contribution in [3.8, 4) is 0 Å². The van der Waals surface area contributed by atoms with E-state index in [1.807, 2.05) is 13.0 Å². The number of nitrogens with one attached hydrogen (secondary N) is 1. The summed E-state index contributed by atoms with van der Waals surface area (Å²) < 4.78 is 38.0. The van der Waals surface area contributed by atoms with Crippen LogP contribution in [0.3, 0.4) is 0 Å². The van der Waals surface area contributed by atoms with Crippen LogP contribution in [-0.4, -0.2) is 34.8 Å². The van der Waals surface area contributed by atoms with Crippen LogP contribution >= 0.6 is 0 Å². The Hall–Kier alpha value is -2.90. The van der Waals surface area contributed by atoms with Gasteiger partial charge in [-0.05, 0) is 56.2 Å². The predicted octanol–water partition coefficient (Wildman–Crippen LogP) is 3.90. The zero-order chi connectivity index (χ0) is 20.3. The molecular weight excluding hydrogens is 371 g/mol. The lowest BCUT2D eigenvalue weighted by molar-refractivity contribution is -0.137. The molecule has 1 fully saturated rings. The molecule has 2 amide bonds. The Morgan fingerprint density at radius 1 is 1.14 bits per heavy atom. The largest absolute Gasteiger partial charge is 0.416 e. The maximum Gasteiger partial charge on any atom is 0.416 e. The highest BCUT2D eigenvalue weighted by Gasteiger charge is 2.32. The molecular formula is C20H20F3N3O2. The number of aromatic nitrogens is 1. The summed E-state index contributed by atoms with van der Waals surface area (Å²) in [6.07, 6.45) is -3.17. The number of hydrogen-bond acceptors (Lipinski definition) is 3. The number of alkyl halides is 3. The van der Waals surface area contributed by atoms with E-state index in [0.29, 0.717) is 25.2 Å². The minimum atomic E-state index is -4.44. The van der Waals surface area contributed by atoms with Gasteiger partial charge >= 0.3 is 6.18 Å². The first-order valence-electron chi connectivity index (χ1n) is 8.95. The number of aryl methyl sites for hydroxylation is 1. The summed E-state index contributed by atoms with van der Waals surface area (Å²) in [6, 6.07) is 9.44. The molecule has 1 N–H and O–H groups in total. The van der Waals surface area contributed by atoms with Gasteiger partial charge in [0.1, 0.15) is 5.82 Å². The number of amides is 2. The first-order chi connectivity index (χ1) is 13.2. The molecule has 1 saturated heterocycles. The summed E-state index contributed by atoms with van der Waals surface area (Å²) in [5, 5.41) is 2.76. The molecule has 1 aromatic carbocycles. The zero-order valence-corrected chi connectivity index (χ0v) is 15.3. The molecule has 0 saturated carbocycles. The molecule has 1 unspecified atom stereocenters. The average Bonchev–Trinajstić information content (AvgIpc) is 2.67. The Labute approximate surface area is 160 Å². The fourth-order valence-electron chi connectivity index (χ4n) is 3.20. The third-order valence-electron chi connectivity index (χ3n) is 4.68. The highest BCUT2D eigenvalue weighted by Crippen LogP contribution is 2.29. The predicted molar refractivity (Wildman–Crippen MR) is 97.7 cm³/mol. The van der Waals surface area contributed by atoms with Crippen LogP contribution < -0.4 is 5.32 Å². The monoisotopic (exact) mass is 391 g/mol. The molecule has 8 heteroatoms. The van der Waals surface area contributed by atoms with Crippen molar-refractivity contribution in [2.24, 2.45) is 5.92 Å². The second-order valence-electron chi connectivity index (χ2n) is 6.82. The smallest absolute Gasteiger partial charge is 0.338 e. The Bertz CT molecular complexity index is 866. The lowest BCUT2D eigenvalue weighted by atomic mass is 9.96. The van der Waals surface area contributed by atoms with Gasteiger partial charge in [0.15, 0.2) is 0 Å². The van der Waals surface area contributed by atoms with E-state index >= 15 is 0 Å². The molecule has 0 aliphatic carbocycles. The summed E-state index contributed by atoms with van der Waals surface area (Å²) in [5.41, 5.74) is 0.153. The molecule has 28 heavy (non-hydrogen) atoms. The first kappa shape index (κ1) is 19.9. The van der Waals surface area contributed by atoms with Crippen molar-refractivity contribution >= 4 is 17.6 Å². The van der Waals surface area contributed by atoms with Crippen molar-refractivity contribution in [3.05, 3.63) is 59.3 Å². The quantitative estimate of drug-likeness (QED) is 0.863. The number of halogens is 3. The van der Waals surface area contributed by atoms with E-state index in [9.17, 15) is 22.8 Å². The number of nitrogens with zero attached hydrogens (tertiary/aromatic N) is 2. The van der Waals surface area contributed by atoms with Crippen LogP contribution in [0.15, 0.2) is 42.5 Å². The van der Waals surface area contributed by atoms with Crippen molar-refractivity contribution in [2.45, 2.75) is 25.9 Å². The number of pyridine rings is 1.